The van der Waals surface area contributed by atoms with Gasteiger partial charge in [-0.2, -0.15) is 5.10 Å². The lowest BCUT2D eigenvalue weighted by Gasteiger charge is -2.17. The van der Waals surface area contributed by atoms with Gasteiger partial charge in [0.05, 0.1) is 6.20 Å². The molecule has 3 N–H and O–H groups in total. The number of rotatable bonds is 5. The first-order valence-electron chi connectivity index (χ1n) is 11.3. The topological polar surface area (TPSA) is 129 Å². The van der Waals surface area contributed by atoms with Crippen molar-refractivity contribution in [2.75, 3.05) is 6.61 Å². The maximum atomic E-state index is 13.8. The van der Waals surface area contributed by atoms with E-state index in [1.54, 1.807) is 30.3 Å². The lowest BCUT2D eigenvalue weighted by atomic mass is 10.0. The summed E-state index contributed by atoms with van der Waals surface area (Å²) in [5, 5.41) is 6.45. The molecule has 4 aromatic rings. The van der Waals surface area contributed by atoms with E-state index >= 15 is 0 Å². The summed E-state index contributed by atoms with van der Waals surface area (Å²) in [5.74, 6) is -1.22. The van der Waals surface area contributed by atoms with E-state index in [1.807, 2.05) is 0 Å². The van der Waals surface area contributed by atoms with Gasteiger partial charge in [0.25, 0.3) is 5.91 Å². The van der Waals surface area contributed by atoms with Gasteiger partial charge < -0.3 is 15.8 Å². The molecule has 0 fully saturated rings. The smallest absolute Gasteiger partial charge is 0.270 e. The van der Waals surface area contributed by atoms with Crippen molar-refractivity contribution < 1.29 is 27.9 Å². The normalized spacial score (nSPS) is 12.3. The summed E-state index contributed by atoms with van der Waals surface area (Å²) in [7, 11) is 0. The molecule has 190 valence electrons. The Kier molecular flexibility index (Phi) is 7.63. The molecule has 0 saturated heterocycles. The Morgan fingerprint density at radius 3 is 2.54 bits per heavy atom. The van der Waals surface area contributed by atoms with Crippen LogP contribution in [0.5, 0.6) is 5.75 Å². The maximum Gasteiger partial charge on any atom is 0.270 e. The van der Waals surface area contributed by atoms with E-state index in [4.69, 9.17) is 10.5 Å². The van der Waals surface area contributed by atoms with Gasteiger partial charge in [0.15, 0.2) is 23.0 Å². The zero-order chi connectivity index (χ0) is 26.5. The Morgan fingerprint density at radius 1 is 1.11 bits per heavy atom. The molecule has 0 bridgehead atoms. The van der Waals surface area contributed by atoms with Crippen molar-refractivity contribution in [2.45, 2.75) is 26.4 Å². The van der Waals surface area contributed by atoms with Crippen LogP contribution in [0.2, 0.25) is 0 Å². The molecule has 3 heterocycles. The SMILES string of the molecule is CC(=O)c1cc(C(=O)NCc2ccc3c(c2)CC(=O)CO3)nc2c(F)cnn12.NCc1ccc(F)cc1. The molecular formula is C26H23F2N5O4. The fourth-order valence-electron chi connectivity index (χ4n) is 3.64. The number of halogens is 2. The molecule has 0 aliphatic carbocycles. The van der Waals surface area contributed by atoms with Crippen LogP contribution in [0.4, 0.5) is 8.78 Å². The minimum atomic E-state index is -0.725. The summed E-state index contributed by atoms with van der Waals surface area (Å²) in [6, 6.07) is 12.8. The Balaban J connectivity index is 0.000000301. The van der Waals surface area contributed by atoms with E-state index in [0.717, 1.165) is 27.4 Å². The monoisotopic (exact) mass is 507 g/mol. The highest BCUT2D eigenvalue weighted by molar-refractivity contribution is 5.98. The quantitative estimate of drug-likeness (QED) is 0.398. The third kappa shape index (κ3) is 6.01. The van der Waals surface area contributed by atoms with Crippen molar-refractivity contribution >= 4 is 23.1 Å². The molecule has 0 radical (unpaired) electrons. The summed E-state index contributed by atoms with van der Waals surface area (Å²) in [6.45, 7) is 2.01. The number of nitrogens with two attached hydrogens (primary N) is 1. The van der Waals surface area contributed by atoms with Gasteiger partial charge in [-0.1, -0.05) is 18.2 Å². The second kappa shape index (κ2) is 11.0. The van der Waals surface area contributed by atoms with Crippen molar-refractivity contribution in [3.05, 3.63) is 94.4 Å². The third-order valence-corrected chi connectivity index (χ3v) is 5.53. The highest BCUT2D eigenvalue weighted by atomic mass is 19.1. The molecule has 11 heteroatoms. The molecular weight excluding hydrogens is 484 g/mol. The van der Waals surface area contributed by atoms with Gasteiger partial charge in [-0.05, 0) is 41.5 Å². The van der Waals surface area contributed by atoms with Gasteiger partial charge in [-0.15, -0.1) is 0 Å². The number of nitrogens with zero attached hydrogens (tertiary/aromatic N) is 3. The predicted molar refractivity (Wildman–Crippen MR) is 129 cm³/mol. The van der Waals surface area contributed by atoms with Crippen molar-refractivity contribution in [3.63, 3.8) is 0 Å². The number of hydrogen-bond donors (Lipinski definition) is 2. The molecule has 1 aliphatic heterocycles. The van der Waals surface area contributed by atoms with Crippen molar-refractivity contribution in [3.8, 4) is 5.75 Å². The lowest BCUT2D eigenvalue weighted by molar-refractivity contribution is -0.121. The highest BCUT2D eigenvalue weighted by Crippen LogP contribution is 2.24. The molecule has 0 saturated carbocycles. The van der Waals surface area contributed by atoms with E-state index in [2.05, 4.69) is 15.4 Å². The van der Waals surface area contributed by atoms with Gasteiger partial charge in [0.2, 0.25) is 0 Å². The number of benzene rings is 2. The number of fused-ring (bicyclic) bond motifs is 2. The average Bonchev–Trinajstić information content (AvgIpc) is 3.27. The first kappa shape index (κ1) is 25.6. The number of hydrogen-bond acceptors (Lipinski definition) is 7. The molecule has 9 nitrogen and oxygen atoms in total. The maximum absolute atomic E-state index is 13.8. The number of carbonyl (C=O) groups excluding carboxylic acids is 3. The van der Waals surface area contributed by atoms with E-state index in [-0.39, 0.29) is 54.0 Å². The van der Waals surface area contributed by atoms with E-state index in [0.29, 0.717) is 12.3 Å². The van der Waals surface area contributed by atoms with Gasteiger partial charge >= 0.3 is 0 Å². The van der Waals surface area contributed by atoms with Crippen LogP contribution in [-0.4, -0.2) is 38.7 Å². The molecule has 5 rings (SSSR count). The van der Waals surface area contributed by atoms with Gasteiger partial charge in [-0.3, -0.25) is 14.4 Å². The first-order valence-corrected chi connectivity index (χ1v) is 11.3. The molecule has 2 aromatic heterocycles. The van der Waals surface area contributed by atoms with Crippen LogP contribution < -0.4 is 15.8 Å². The molecule has 0 spiro atoms. The number of nitrogens with one attached hydrogen (secondary N) is 1. The Bertz CT molecular complexity index is 1480. The summed E-state index contributed by atoms with van der Waals surface area (Å²) in [4.78, 5) is 39.8. The number of carbonyl (C=O) groups is 3. The fourth-order valence-corrected chi connectivity index (χ4v) is 3.64. The van der Waals surface area contributed by atoms with E-state index in [1.165, 1.54) is 25.1 Å². The molecule has 37 heavy (non-hydrogen) atoms. The second-order valence-electron chi connectivity index (χ2n) is 8.27. The van der Waals surface area contributed by atoms with Gasteiger partial charge in [-0.25, -0.2) is 18.3 Å². The number of aromatic nitrogens is 3. The summed E-state index contributed by atoms with van der Waals surface area (Å²) < 4.78 is 32.4. The van der Waals surface area contributed by atoms with Crippen LogP contribution in [0.1, 0.15) is 44.6 Å². The standard InChI is InChI=1S/C19H15FN4O4.C7H8FN/c1-10(25)16-6-15(23-18-14(20)8-22-24(16)18)19(27)21-7-11-2-3-17-12(4-11)5-13(26)9-28-17;8-7-3-1-6(5-9)2-4-7/h2-4,6,8H,5,7,9H2,1H3,(H,21,27);1-4H,5,9H2. The molecule has 0 unspecified atom stereocenters. The van der Waals surface area contributed by atoms with Crippen molar-refractivity contribution in [1.29, 1.82) is 0 Å². The van der Waals surface area contributed by atoms with Crippen LogP contribution in [0.15, 0.2) is 54.7 Å². The largest absolute Gasteiger partial charge is 0.486 e. The molecule has 1 aliphatic rings. The number of ether oxygens (including phenoxy) is 1. The van der Waals surface area contributed by atoms with Crippen LogP contribution in [0.3, 0.4) is 0 Å². The lowest BCUT2D eigenvalue weighted by Crippen LogP contribution is -2.25. The Morgan fingerprint density at radius 2 is 1.84 bits per heavy atom. The third-order valence-electron chi connectivity index (χ3n) is 5.53. The number of amides is 1. The van der Waals surface area contributed by atoms with Crippen molar-refractivity contribution in [1.82, 2.24) is 19.9 Å². The van der Waals surface area contributed by atoms with Gasteiger partial charge in [0.1, 0.15) is 29.6 Å². The number of ketones is 2. The van der Waals surface area contributed by atoms with Crippen LogP contribution in [0, 0.1) is 11.6 Å². The molecule has 1 amide bonds. The highest BCUT2D eigenvalue weighted by Gasteiger charge is 2.19. The fraction of sp³-hybridized carbons (Fsp3) is 0.192. The minimum absolute atomic E-state index is 0.00853. The zero-order valence-corrected chi connectivity index (χ0v) is 19.8. The minimum Gasteiger partial charge on any atom is -0.486 e. The van der Waals surface area contributed by atoms with E-state index in [9.17, 15) is 23.2 Å². The van der Waals surface area contributed by atoms with Crippen LogP contribution in [-0.2, 0) is 24.3 Å². The Hall–Kier alpha value is -4.51. The molecule has 0 atom stereocenters. The molecule has 2 aromatic carbocycles. The summed E-state index contributed by atoms with van der Waals surface area (Å²) >= 11 is 0. The second-order valence-corrected chi connectivity index (χ2v) is 8.27. The Labute approximate surface area is 210 Å². The van der Waals surface area contributed by atoms with Gasteiger partial charge in [0, 0.05) is 32.0 Å². The average molecular weight is 507 g/mol. The summed E-state index contributed by atoms with van der Waals surface area (Å²) in [6.07, 6.45) is 1.23. The first-order chi connectivity index (χ1) is 17.7. The zero-order valence-electron chi connectivity index (χ0n) is 19.8. The van der Waals surface area contributed by atoms with E-state index < -0.39 is 11.7 Å². The van der Waals surface area contributed by atoms with Crippen molar-refractivity contribution in [2.24, 2.45) is 5.73 Å². The summed E-state index contributed by atoms with van der Waals surface area (Å²) in [5.41, 5.74) is 7.55. The van der Waals surface area contributed by atoms with Crippen LogP contribution >= 0.6 is 0 Å². The predicted octanol–water partition coefficient (Wildman–Crippen LogP) is 2.79. The number of Topliss-reactive ketones (excluding diaryl/α,β-unsaturated/α-hetero) is 2. The van der Waals surface area contributed by atoms with Crippen LogP contribution in [0.25, 0.3) is 5.65 Å².